The van der Waals surface area contributed by atoms with Crippen LogP contribution in [0.25, 0.3) is 123 Å². The molecule has 0 bridgehead atoms. The van der Waals surface area contributed by atoms with Gasteiger partial charge in [-0.25, -0.2) is 9.97 Å². The SMILES string of the molecule is c1ccc(-c2nc(-c3ccc4c(c3)oc3ccccc34)nc(-n3c4ccccc4c4ccc5c6ccccc6n(-c6ccc(-c7nc8ccccc8o7)cc6)c5c43)n2)cc1. The summed E-state index contributed by atoms with van der Waals surface area (Å²) in [6, 6.07) is 62.3. The molecule has 0 spiro atoms. The van der Waals surface area contributed by atoms with E-state index >= 15 is 0 Å². The van der Waals surface area contributed by atoms with Crippen LogP contribution in [0.2, 0.25) is 0 Å². The number of aromatic nitrogens is 6. The maximum absolute atomic E-state index is 6.34. The lowest BCUT2D eigenvalue weighted by Crippen LogP contribution is -2.07. The molecule has 0 N–H and O–H groups in total. The van der Waals surface area contributed by atoms with Gasteiger partial charge < -0.3 is 13.4 Å². The van der Waals surface area contributed by atoms with Crippen LogP contribution in [-0.4, -0.2) is 29.1 Å². The van der Waals surface area contributed by atoms with Crippen molar-refractivity contribution in [3.8, 4) is 45.9 Å². The Morgan fingerprint density at radius 2 is 0.917 bits per heavy atom. The summed E-state index contributed by atoms with van der Waals surface area (Å²) in [5, 5.41) is 6.59. The lowest BCUT2D eigenvalue weighted by atomic mass is 10.1. The molecule has 280 valence electrons. The highest BCUT2D eigenvalue weighted by molar-refractivity contribution is 6.23. The minimum atomic E-state index is 0.519. The number of fused-ring (bicyclic) bond motifs is 11. The second kappa shape index (κ2) is 12.6. The van der Waals surface area contributed by atoms with Gasteiger partial charge in [-0.05, 0) is 66.7 Å². The zero-order chi connectivity index (χ0) is 39.3. The maximum Gasteiger partial charge on any atom is 0.238 e. The Hall–Kier alpha value is -8.36. The average Bonchev–Trinajstić information content (AvgIpc) is 4.08. The molecule has 5 heterocycles. The fourth-order valence-corrected chi connectivity index (χ4v) is 8.90. The first-order valence-corrected chi connectivity index (χ1v) is 19.9. The zero-order valence-electron chi connectivity index (χ0n) is 31.8. The number of benzene rings is 8. The Morgan fingerprint density at radius 3 is 1.67 bits per heavy atom. The van der Waals surface area contributed by atoms with Gasteiger partial charge in [0.05, 0.1) is 22.1 Å². The standard InChI is InChI=1S/C52H30N6O2/c1-2-12-31(13-3-1)49-54-50(33-24-27-38-37-16-6-10-20-44(37)59-46(38)30-33)56-52(55-49)58-43-19-9-5-15-36(43)40-29-28-39-35-14-4-8-18-42(35)57(47(39)48(40)58)34-25-22-32(23-26-34)51-53-41-17-7-11-21-45(41)60-51/h1-30H. The van der Waals surface area contributed by atoms with E-state index in [0.29, 0.717) is 23.5 Å². The third kappa shape index (κ3) is 4.85. The molecule has 0 aliphatic carbocycles. The van der Waals surface area contributed by atoms with E-state index in [9.17, 15) is 0 Å². The number of rotatable bonds is 5. The Kier molecular flexibility index (Phi) is 6.85. The van der Waals surface area contributed by atoms with Gasteiger partial charge in [0.25, 0.3) is 0 Å². The second-order valence-corrected chi connectivity index (χ2v) is 15.1. The molecule has 0 saturated heterocycles. The van der Waals surface area contributed by atoms with Crippen molar-refractivity contribution in [2.75, 3.05) is 0 Å². The molecular formula is C52H30N6O2. The summed E-state index contributed by atoms with van der Waals surface area (Å²) in [6.07, 6.45) is 0. The first-order chi connectivity index (χ1) is 29.7. The molecule has 0 radical (unpaired) electrons. The van der Waals surface area contributed by atoms with Crippen molar-refractivity contribution in [1.82, 2.24) is 29.1 Å². The number of nitrogens with zero attached hydrogens (tertiary/aromatic N) is 6. The van der Waals surface area contributed by atoms with Crippen LogP contribution >= 0.6 is 0 Å². The van der Waals surface area contributed by atoms with Gasteiger partial charge in [-0.3, -0.25) is 4.57 Å². The molecule has 0 unspecified atom stereocenters. The summed E-state index contributed by atoms with van der Waals surface area (Å²) in [7, 11) is 0. The summed E-state index contributed by atoms with van der Waals surface area (Å²) < 4.78 is 17.1. The Balaban J connectivity index is 1.09. The van der Waals surface area contributed by atoms with Crippen LogP contribution in [-0.2, 0) is 0 Å². The van der Waals surface area contributed by atoms with E-state index in [1.807, 2.05) is 78.9 Å². The van der Waals surface area contributed by atoms with E-state index in [4.69, 9.17) is 28.8 Å². The van der Waals surface area contributed by atoms with Gasteiger partial charge in [-0.15, -0.1) is 0 Å². The Bertz CT molecular complexity index is 3800. The van der Waals surface area contributed by atoms with Gasteiger partial charge in [-0.1, -0.05) is 115 Å². The summed E-state index contributed by atoms with van der Waals surface area (Å²) in [5.74, 6) is 2.24. The minimum absolute atomic E-state index is 0.519. The van der Waals surface area contributed by atoms with E-state index in [2.05, 4.69) is 112 Å². The van der Waals surface area contributed by atoms with Crippen molar-refractivity contribution in [2.24, 2.45) is 0 Å². The van der Waals surface area contributed by atoms with Gasteiger partial charge >= 0.3 is 0 Å². The van der Waals surface area contributed by atoms with Crippen LogP contribution in [0, 0.1) is 0 Å². The van der Waals surface area contributed by atoms with Crippen LogP contribution < -0.4 is 0 Å². The summed E-state index contributed by atoms with van der Waals surface area (Å²) in [4.78, 5) is 20.5. The number of hydrogen-bond acceptors (Lipinski definition) is 6. The molecular weight excluding hydrogens is 741 g/mol. The van der Waals surface area contributed by atoms with Gasteiger partial charge in [0, 0.05) is 54.7 Å². The molecule has 0 aliphatic heterocycles. The first kappa shape index (κ1) is 32.7. The minimum Gasteiger partial charge on any atom is -0.456 e. The summed E-state index contributed by atoms with van der Waals surface area (Å²) >= 11 is 0. The van der Waals surface area contributed by atoms with E-state index < -0.39 is 0 Å². The Labute approximate surface area is 341 Å². The first-order valence-electron chi connectivity index (χ1n) is 19.9. The smallest absolute Gasteiger partial charge is 0.238 e. The molecule has 13 rings (SSSR count). The van der Waals surface area contributed by atoms with Crippen LogP contribution in [0.15, 0.2) is 191 Å². The molecule has 5 aromatic heterocycles. The molecule has 0 atom stereocenters. The fourth-order valence-electron chi connectivity index (χ4n) is 8.90. The molecule has 8 nitrogen and oxygen atoms in total. The molecule has 0 aliphatic rings. The molecule has 0 amide bonds. The van der Waals surface area contributed by atoms with Crippen molar-refractivity contribution in [3.63, 3.8) is 0 Å². The highest BCUT2D eigenvalue weighted by atomic mass is 16.3. The number of oxazole rings is 1. The predicted molar refractivity (Wildman–Crippen MR) is 240 cm³/mol. The van der Waals surface area contributed by atoms with E-state index in [1.54, 1.807) is 0 Å². The van der Waals surface area contributed by atoms with Crippen molar-refractivity contribution < 1.29 is 8.83 Å². The van der Waals surface area contributed by atoms with Crippen molar-refractivity contribution >= 4 is 76.6 Å². The van der Waals surface area contributed by atoms with Gasteiger partial charge in [0.15, 0.2) is 17.2 Å². The number of furan rings is 1. The topological polar surface area (TPSA) is 87.7 Å². The molecule has 13 aromatic rings. The van der Waals surface area contributed by atoms with Crippen LogP contribution in [0.4, 0.5) is 0 Å². The third-order valence-corrected chi connectivity index (χ3v) is 11.6. The van der Waals surface area contributed by atoms with Gasteiger partial charge in [0.2, 0.25) is 11.8 Å². The van der Waals surface area contributed by atoms with Crippen molar-refractivity contribution in [3.05, 3.63) is 182 Å². The lowest BCUT2D eigenvalue weighted by molar-refractivity contribution is 0.620. The van der Waals surface area contributed by atoms with Gasteiger partial charge in [-0.2, -0.15) is 9.97 Å². The van der Waals surface area contributed by atoms with Crippen molar-refractivity contribution in [2.45, 2.75) is 0 Å². The number of hydrogen-bond donors (Lipinski definition) is 0. The predicted octanol–water partition coefficient (Wildman–Crippen LogP) is 13.1. The highest BCUT2D eigenvalue weighted by Crippen LogP contribution is 2.42. The lowest BCUT2D eigenvalue weighted by Gasteiger charge is -2.13. The van der Waals surface area contributed by atoms with Crippen LogP contribution in [0.1, 0.15) is 0 Å². The monoisotopic (exact) mass is 770 g/mol. The maximum atomic E-state index is 6.34. The molecule has 0 saturated carbocycles. The third-order valence-electron chi connectivity index (χ3n) is 11.6. The zero-order valence-corrected chi connectivity index (χ0v) is 31.8. The second-order valence-electron chi connectivity index (χ2n) is 15.1. The molecule has 8 aromatic carbocycles. The largest absolute Gasteiger partial charge is 0.456 e. The Morgan fingerprint density at radius 1 is 0.350 bits per heavy atom. The summed E-state index contributed by atoms with van der Waals surface area (Å²) in [6.45, 7) is 0. The van der Waals surface area contributed by atoms with E-state index in [-0.39, 0.29) is 0 Å². The number of para-hydroxylation sites is 5. The highest BCUT2D eigenvalue weighted by Gasteiger charge is 2.24. The van der Waals surface area contributed by atoms with E-state index in [1.165, 1.54) is 0 Å². The molecule has 8 heteroatoms. The van der Waals surface area contributed by atoms with Crippen LogP contribution in [0.3, 0.4) is 0 Å². The summed E-state index contributed by atoms with van der Waals surface area (Å²) in [5.41, 5.74) is 11.0. The fraction of sp³-hybridized carbons (Fsp3) is 0. The van der Waals surface area contributed by atoms with Crippen molar-refractivity contribution in [1.29, 1.82) is 0 Å². The average molecular weight is 771 g/mol. The normalized spacial score (nSPS) is 12.0. The molecule has 60 heavy (non-hydrogen) atoms. The van der Waals surface area contributed by atoms with Crippen LogP contribution in [0.5, 0.6) is 0 Å². The molecule has 0 fully saturated rings. The quantitative estimate of drug-likeness (QED) is 0.173. The van der Waals surface area contributed by atoms with E-state index in [0.717, 1.165) is 99.0 Å². The van der Waals surface area contributed by atoms with Gasteiger partial charge in [0.1, 0.15) is 16.7 Å².